The van der Waals surface area contributed by atoms with Gasteiger partial charge in [0.25, 0.3) is 5.91 Å². The molecule has 5 nitrogen and oxygen atoms in total. The average molecular weight is 262 g/mol. The lowest BCUT2D eigenvalue weighted by atomic mass is 9.92. The third kappa shape index (κ3) is 2.70. The van der Waals surface area contributed by atoms with Gasteiger partial charge in [0.2, 0.25) is 0 Å². The van der Waals surface area contributed by atoms with Crippen LogP contribution >= 0.6 is 0 Å². The average Bonchev–Trinajstić information content (AvgIpc) is 2.65. The molecule has 0 bridgehead atoms. The first kappa shape index (κ1) is 13.4. The number of imide groups is 1. The molecule has 0 aliphatic carbocycles. The van der Waals surface area contributed by atoms with Crippen LogP contribution in [0.15, 0.2) is 24.3 Å². The lowest BCUT2D eigenvalue weighted by molar-refractivity contribution is -0.123. The minimum absolute atomic E-state index is 0.336. The monoisotopic (exact) mass is 262 g/mol. The summed E-state index contributed by atoms with van der Waals surface area (Å²) >= 11 is 0. The van der Waals surface area contributed by atoms with Gasteiger partial charge in [-0.15, -0.1) is 0 Å². The Kier molecular flexibility index (Phi) is 3.74. The van der Waals surface area contributed by atoms with Gasteiger partial charge in [-0.05, 0) is 31.0 Å². The molecular weight excluding hydrogens is 244 g/mol. The minimum Gasteiger partial charge on any atom is -0.494 e. The zero-order valence-corrected chi connectivity index (χ0v) is 11.2. The highest BCUT2D eigenvalue weighted by Crippen LogP contribution is 2.26. The van der Waals surface area contributed by atoms with Gasteiger partial charge in [-0.25, -0.2) is 4.79 Å². The summed E-state index contributed by atoms with van der Waals surface area (Å²) in [5.74, 6) is 0.433. The molecule has 0 saturated carbocycles. The smallest absolute Gasteiger partial charge is 0.322 e. The van der Waals surface area contributed by atoms with Crippen LogP contribution in [-0.2, 0) is 10.3 Å². The van der Waals surface area contributed by atoms with E-state index in [0.717, 1.165) is 24.2 Å². The Bertz CT molecular complexity index is 484. The summed E-state index contributed by atoms with van der Waals surface area (Å²) in [6.07, 6.45) is 2.10. The number of ether oxygens (including phenoxy) is 1. The zero-order chi connectivity index (χ0) is 13.9. The topological polar surface area (TPSA) is 67.4 Å². The molecule has 0 unspecified atom stereocenters. The number of hydrogen-bond acceptors (Lipinski definition) is 3. The fourth-order valence-electron chi connectivity index (χ4n) is 1.97. The Morgan fingerprint density at radius 1 is 1.21 bits per heavy atom. The molecule has 2 rings (SSSR count). The maximum absolute atomic E-state index is 11.8. The van der Waals surface area contributed by atoms with Crippen molar-refractivity contribution in [2.75, 3.05) is 6.61 Å². The molecule has 1 aliphatic heterocycles. The molecular formula is C14H18N2O3. The molecule has 0 spiro atoms. The number of unbranched alkanes of at least 4 members (excludes halogenated alkanes) is 1. The summed E-state index contributed by atoms with van der Waals surface area (Å²) in [7, 11) is 0. The molecule has 0 radical (unpaired) electrons. The van der Waals surface area contributed by atoms with Gasteiger partial charge in [-0.2, -0.15) is 0 Å². The van der Waals surface area contributed by atoms with E-state index in [1.54, 1.807) is 19.1 Å². The van der Waals surface area contributed by atoms with Crippen molar-refractivity contribution in [2.45, 2.75) is 32.2 Å². The number of carbonyl (C=O) groups is 2. The maximum Gasteiger partial charge on any atom is 0.322 e. The Morgan fingerprint density at radius 2 is 1.89 bits per heavy atom. The van der Waals surface area contributed by atoms with Gasteiger partial charge in [0.1, 0.15) is 11.3 Å². The van der Waals surface area contributed by atoms with Gasteiger partial charge in [0.15, 0.2) is 0 Å². The van der Waals surface area contributed by atoms with Gasteiger partial charge < -0.3 is 10.1 Å². The predicted octanol–water partition coefficient (Wildman–Crippen LogP) is 1.92. The van der Waals surface area contributed by atoms with Crippen molar-refractivity contribution in [3.8, 4) is 5.75 Å². The SMILES string of the molecule is CCCCOc1ccc([C@@]2(C)NC(=O)NC2=O)cc1. The van der Waals surface area contributed by atoms with Gasteiger partial charge >= 0.3 is 6.03 Å². The van der Waals surface area contributed by atoms with Crippen molar-refractivity contribution in [3.63, 3.8) is 0 Å². The summed E-state index contributed by atoms with van der Waals surface area (Å²) in [6, 6.07) is 6.76. The molecule has 1 atom stereocenters. The van der Waals surface area contributed by atoms with Crippen LogP contribution in [0.25, 0.3) is 0 Å². The quantitative estimate of drug-likeness (QED) is 0.629. The molecule has 1 aromatic rings. The predicted molar refractivity (Wildman–Crippen MR) is 70.9 cm³/mol. The van der Waals surface area contributed by atoms with Crippen molar-refractivity contribution in [1.82, 2.24) is 10.6 Å². The third-order valence-corrected chi connectivity index (χ3v) is 3.24. The normalized spacial score (nSPS) is 22.0. The van der Waals surface area contributed by atoms with E-state index in [4.69, 9.17) is 4.74 Å². The van der Waals surface area contributed by atoms with Crippen LogP contribution in [0.2, 0.25) is 0 Å². The molecule has 19 heavy (non-hydrogen) atoms. The summed E-state index contributed by atoms with van der Waals surface area (Å²) < 4.78 is 5.56. The van der Waals surface area contributed by atoms with Crippen molar-refractivity contribution in [3.05, 3.63) is 29.8 Å². The van der Waals surface area contributed by atoms with Gasteiger partial charge in [0.05, 0.1) is 6.61 Å². The number of carbonyl (C=O) groups excluding carboxylic acids is 2. The standard InChI is InChI=1S/C14H18N2O3/c1-3-4-9-19-11-7-5-10(6-8-11)14(2)12(17)15-13(18)16-14/h5-8H,3-4,9H2,1-2H3,(H2,15,16,17,18)/t14-/m1/s1. The molecule has 102 valence electrons. The minimum atomic E-state index is -1.00. The molecule has 1 saturated heterocycles. The van der Waals surface area contributed by atoms with Gasteiger partial charge in [0, 0.05) is 0 Å². The van der Waals surface area contributed by atoms with E-state index in [0.29, 0.717) is 6.61 Å². The summed E-state index contributed by atoms with van der Waals surface area (Å²) in [4.78, 5) is 23.0. The lowest BCUT2D eigenvalue weighted by Crippen LogP contribution is -2.40. The molecule has 3 amide bonds. The van der Waals surface area contributed by atoms with Crippen molar-refractivity contribution in [1.29, 1.82) is 0 Å². The Morgan fingerprint density at radius 3 is 2.42 bits per heavy atom. The fourth-order valence-corrected chi connectivity index (χ4v) is 1.97. The number of amides is 3. The molecule has 0 aromatic heterocycles. The number of rotatable bonds is 5. The molecule has 2 N–H and O–H groups in total. The highest BCUT2D eigenvalue weighted by Gasteiger charge is 2.43. The number of urea groups is 1. The number of nitrogens with one attached hydrogen (secondary N) is 2. The molecule has 1 heterocycles. The second-order valence-electron chi connectivity index (χ2n) is 4.76. The van der Waals surface area contributed by atoms with E-state index in [-0.39, 0.29) is 5.91 Å². The third-order valence-electron chi connectivity index (χ3n) is 3.24. The summed E-state index contributed by atoms with van der Waals surface area (Å²) in [5.41, 5.74) is -0.266. The second-order valence-corrected chi connectivity index (χ2v) is 4.76. The first-order chi connectivity index (χ1) is 9.06. The van der Waals surface area contributed by atoms with E-state index in [9.17, 15) is 9.59 Å². The van der Waals surface area contributed by atoms with E-state index >= 15 is 0 Å². The second kappa shape index (κ2) is 5.30. The van der Waals surface area contributed by atoms with Gasteiger partial charge in [-0.3, -0.25) is 10.1 Å². The number of benzene rings is 1. The largest absolute Gasteiger partial charge is 0.494 e. The van der Waals surface area contributed by atoms with E-state index in [1.807, 2.05) is 12.1 Å². The Hall–Kier alpha value is -2.04. The van der Waals surface area contributed by atoms with Crippen LogP contribution in [0, 0.1) is 0 Å². The van der Waals surface area contributed by atoms with Crippen LogP contribution < -0.4 is 15.4 Å². The Balaban J connectivity index is 2.10. The summed E-state index contributed by atoms with van der Waals surface area (Å²) in [6.45, 7) is 4.47. The molecule has 1 aromatic carbocycles. The molecule has 1 aliphatic rings. The zero-order valence-electron chi connectivity index (χ0n) is 11.2. The molecule has 5 heteroatoms. The molecule has 1 fully saturated rings. The van der Waals surface area contributed by atoms with Crippen LogP contribution in [0.4, 0.5) is 4.79 Å². The highest BCUT2D eigenvalue weighted by molar-refractivity contribution is 6.07. The van der Waals surface area contributed by atoms with Crippen molar-refractivity contribution in [2.24, 2.45) is 0 Å². The fraction of sp³-hybridized carbons (Fsp3) is 0.429. The maximum atomic E-state index is 11.8. The lowest BCUT2D eigenvalue weighted by Gasteiger charge is -2.21. The highest BCUT2D eigenvalue weighted by atomic mass is 16.5. The van der Waals surface area contributed by atoms with Crippen LogP contribution in [0.1, 0.15) is 32.3 Å². The Labute approximate surface area is 112 Å². The van der Waals surface area contributed by atoms with E-state index in [2.05, 4.69) is 17.6 Å². The van der Waals surface area contributed by atoms with Crippen LogP contribution in [0.3, 0.4) is 0 Å². The van der Waals surface area contributed by atoms with Crippen molar-refractivity contribution >= 4 is 11.9 Å². The first-order valence-corrected chi connectivity index (χ1v) is 6.43. The van der Waals surface area contributed by atoms with Crippen LogP contribution in [0.5, 0.6) is 5.75 Å². The summed E-state index contributed by atoms with van der Waals surface area (Å²) in [5, 5.41) is 4.87. The first-order valence-electron chi connectivity index (χ1n) is 6.43. The van der Waals surface area contributed by atoms with Gasteiger partial charge in [-0.1, -0.05) is 25.5 Å². The number of hydrogen-bond donors (Lipinski definition) is 2. The van der Waals surface area contributed by atoms with Crippen LogP contribution in [-0.4, -0.2) is 18.5 Å². The van der Waals surface area contributed by atoms with Crippen molar-refractivity contribution < 1.29 is 14.3 Å². The van der Waals surface area contributed by atoms with E-state index < -0.39 is 11.6 Å². The van der Waals surface area contributed by atoms with E-state index in [1.165, 1.54) is 0 Å².